The van der Waals surface area contributed by atoms with Crippen molar-refractivity contribution in [3.05, 3.63) is 0 Å². The molecular weight excluding hydrogens is 92.1 g/mol. The monoisotopic (exact) mass is 101 g/mol. The van der Waals surface area contributed by atoms with E-state index in [1.807, 2.05) is 6.92 Å². The number of esters is 1. The van der Waals surface area contributed by atoms with Crippen molar-refractivity contribution in [2.75, 3.05) is 6.61 Å². The molecule has 1 atom stereocenters. The lowest BCUT2D eigenvalue weighted by Crippen LogP contribution is -2.01. The second-order valence-electron chi connectivity index (χ2n) is 1.88. The zero-order valence-corrected chi connectivity index (χ0v) is 4.35. The summed E-state index contributed by atoms with van der Waals surface area (Å²) in [5, 5.41) is 0. The Labute approximate surface area is 42.5 Å². The van der Waals surface area contributed by atoms with Crippen LogP contribution in [0, 0.1) is 5.92 Å². The molecule has 7 heavy (non-hydrogen) atoms. The molecule has 2 heteroatoms. The fraction of sp³-hybridized carbons (Fsp3) is 0.800. The summed E-state index contributed by atoms with van der Waals surface area (Å²) in [5.74, 6) is 0.472. The molecule has 1 rings (SSSR count). The van der Waals surface area contributed by atoms with Gasteiger partial charge in [-0.2, -0.15) is 0 Å². The van der Waals surface area contributed by atoms with Crippen molar-refractivity contribution >= 4 is 5.97 Å². The molecule has 1 N–H and O–H groups in total. The lowest BCUT2D eigenvalue weighted by molar-refractivity contribution is 0.312. The maximum absolute atomic E-state index is 8.69. The van der Waals surface area contributed by atoms with E-state index in [9.17, 15) is 0 Å². The summed E-state index contributed by atoms with van der Waals surface area (Å²) in [6, 6.07) is 0. The number of rotatable bonds is 0. The zero-order valence-electron chi connectivity index (χ0n) is 4.35. The van der Waals surface area contributed by atoms with Crippen molar-refractivity contribution < 1.29 is 9.53 Å². The van der Waals surface area contributed by atoms with Gasteiger partial charge < -0.3 is 9.53 Å². The Morgan fingerprint density at radius 3 is 2.71 bits per heavy atom. The van der Waals surface area contributed by atoms with Gasteiger partial charge in [0.05, 0.1) is 0 Å². The first-order valence-electron chi connectivity index (χ1n) is 2.49. The molecule has 0 aliphatic carbocycles. The van der Waals surface area contributed by atoms with Crippen molar-refractivity contribution in [3.8, 4) is 0 Å². The van der Waals surface area contributed by atoms with E-state index in [4.69, 9.17) is 9.53 Å². The summed E-state index contributed by atoms with van der Waals surface area (Å²) >= 11 is 0. The summed E-state index contributed by atoms with van der Waals surface area (Å²) < 4.78 is 4.74. The minimum atomic E-state index is 0.208. The molecule has 2 nitrogen and oxygen atoms in total. The minimum Gasteiger partial charge on any atom is -0.339 e. The van der Waals surface area contributed by atoms with E-state index in [-0.39, 0.29) is 11.9 Å². The van der Waals surface area contributed by atoms with Crippen LogP contribution in [0.1, 0.15) is 13.3 Å². The Kier molecular flexibility index (Phi) is 1.01. The smallest absolute Gasteiger partial charge is 0.339 e. The molecule has 0 aromatic heterocycles. The predicted octanol–water partition coefficient (Wildman–Crippen LogP) is 0.545. The summed E-state index contributed by atoms with van der Waals surface area (Å²) in [4.78, 5) is 8.69. The van der Waals surface area contributed by atoms with Gasteiger partial charge in [-0.3, -0.25) is 0 Å². The van der Waals surface area contributed by atoms with Crippen LogP contribution in [0.4, 0.5) is 0 Å². The van der Waals surface area contributed by atoms with E-state index >= 15 is 0 Å². The van der Waals surface area contributed by atoms with E-state index in [0.29, 0.717) is 6.61 Å². The topological polar surface area (TPSA) is 30.6 Å². The number of cyclic esters (lactones) is 1. The van der Waals surface area contributed by atoms with E-state index in [1.54, 1.807) is 0 Å². The molecule has 0 amide bonds. The molecule has 0 spiro atoms. The average Bonchev–Trinajstić information content (AvgIpc) is 1.91. The molecule has 40 valence electrons. The third-order valence-corrected chi connectivity index (χ3v) is 1.22. The van der Waals surface area contributed by atoms with Crippen molar-refractivity contribution in [3.63, 3.8) is 0 Å². The van der Waals surface area contributed by atoms with Crippen LogP contribution < -0.4 is 0 Å². The molecule has 1 saturated heterocycles. The SMILES string of the molecule is C[C@@H]1CCOC1=[OH+]. The van der Waals surface area contributed by atoms with E-state index in [2.05, 4.69) is 0 Å². The van der Waals surface area contributed by atoms with Gasteiger partial charge in [-0.05, 0) is 6.92 Å². The lowest BCUT2D eigenvalue weighted by atomic mass is 10.2. The molecule has 0 aromatic carbocycles. The molecule has 0 bridgehead atoms. The number of hydrogen-bond donors (Lipinski definition) is 0. The standard InChI is InChI=1S/C5H8O2/c1-4-2-3-7-5(4)6/h4H,2-3H2,1H3/p+1/t4-/m1/s1. The number of ether oxygens (including phenoxy) is 1. The number of hydrogen-bond acceptors (Lipinski definition) is 1. The average molecular weight is 101 g/mol. The normalized spacial score (nSPS) is 30.4. The van der Waals surface area contributed by atoms with Crippen LogP contribution in [0.3, 0.4) is 0 Å². The zero-order chi connectivity index (χ0) is 5.28. The Balaban J connectivity index is 2.48. The molecule has 0 aromatic rings. The first kappa shape index (κ1) is 4.62. The van der Waals surface area contributed by atoms with Crippen molar-refractivity contribution in [1.82, 2.24) is 0 Å². The Morgan fingerprint density at radius 2 is 2.57 bits per heavy atom. The largest absolute Gasteiger partial charge is 0.485 e. The van der Waals surface area contributed by atoms with Crippen molar-refractivity contribution in [2.24, 2.45) is 5.92 Å². The molecule has 1 fully saturated rings. The summed E-state index contributed by atoms with van der Waals surface area (Å²) in [5.41, 5.74) is 0. The van der Waals surface area contributed by atoms with Crippen LogP contribution in [0.5, 0.6) is 0 Å². The summed E-state index contributed by atoms with van der Waals surface area (Å²) in [6.45, 7) is 2.63. The van der Waals surface area contributed by atoms with Crippen LogP contribution in [-0.2, 0) is 4.74 Å². The van der Waals surface area contributed by atoms with E-state index in [1.165, 1.54) is 0 Å². The summed E-state index contributed by atoms with van der Waals surface area (Å²) in [7, 11) is 0. The van der Waals surface area contributed by atoms with Gasteiger partial charge in [0, 0.05) is 6.42 Å². The molecule has 0 unspecified atom stereocenters. The van der Waals surface area contributed by atoms with Crippen LogP contribution in [0.25, 0.3) is 0 Å². The van der Waals surface area contributed by atoms with Gasteiger partial charge in [-0.25, -0.2) is 0 Å². The Bertz CT molecular complexity index is 88.1. The van der Waals surface area contributed by atoms with Crippen LogP contribution >= 0.6 is 0 Å². The summed E-state index contributed by atoms with van der Waals surface area (Å²) in [6.07, 6.45) is 0.964. The molecule has 1 heterocycles. The van der Waals surface area contributed by atoms with Gasteiger partial charge in [0.25, 0.3) is 0 Å². The fourth-order valence-electron chi connectivity index (χ4n) is 0.606. The molecule has 1 aliphatic heterocycles. The molecule has 0 saturated carbocycles. The minimum absolute atomic E-state index is 0.208. The Morgan fingerprint density at radius 1 is 1.86 bits per heavy atom. The predicted molar refractivity (Wildman–Crippen MR) is 26.7 cm³/mol. The lowest BCUT2D eigenvalue weighted by Gasteiger charge is -1.80. The van der Waals surface area contributed by atoms with Crippen LogP contribution in [-0.4, -0.2) is 17.4 Å². The van der Waals surface area contributed by atoms with Gasteiger partial charge in [-0.15, -0.1) is 0 Å². The van der Waals surface area contributed by atoms with Crippen molar-refractivity contribution in [1.29, 1.82) is 0 Å². The highest BCUT2D eigenvalue weighted by Gasteiger charge is 2.29. The van der Waals surface area contributed by atoms with Gasteiger partial charge in [-0.1, -0.05) is 0 Å². The van der Waals surface area contributed by atoms with Gasteiger partial charge in [0.15, 0.2) is 6.61 Å². The maximum atomic E-state index is 8.69. The molecule has 1 aliphatic rings. The first-order chi connectivity index (χ1) is 3.30. The van der Waals surface area contributed by atoms with Gasteiger partial charge in [0.2, 0.25) is 0 Å². The Hall–Kier alpha value is -0.530. The van der Waals surface area contributed by atoms with E-state index < -0.39 is 0 Å². The number of carbonyl (C=O) groups excluding carboxylic acids is 1. The molecular formula is C5H9O2+. The highest BCUT2D eigenvalue weighted by Crippen LogP contribution is 2.11. The second-order valence-corrected chi connectivity index (χ2v) is 1.88. The van der Waals surface area contributed by atoms with E-state index in [0.717, 1.165) is 6.42 Å². The highest BCUT2D eigenvalue weighted by atomic mass is 16.5. The highest BCUT2D eigenvalue weighted by molar-refractivity contribution is 5.74. The van der Waals surface area contributed by atoms with Gasteiger partial charge in [0.1, 0.15) is 5.92 Å². The van der Waals surface area contributed by atoms with Crippen LogP contribution in [0.15, 0.2) is 0 Å². The van der Waals surface area contributed by atoms with Crippen molar-refractivity contribution in [2.45, 2.75) is 13.3 Å². The first-order valence-corrected chi connectivity index (χ1v) is 2.49. The third-order valence-electron chi connectivity index (χ3n) is 1.22. The quantitative estimate of drug-likeness (QED) is 0.323. The second kappa shape index (κ2) is 1.52. The van der Waals surface area contributed by atoms with Gasteiger partial charge >= 0.3 is 5.97 Å². The maximum Gasteiger partial charge on any atom is 0.485 e. The third kappa shape index (κ3) is 0.734. The fourth-order valence-corrected chi connectivity index (χ4v) is 0.606. The van der Waals surface area contributed by atoms with Crippen LogP contribution in [0.2, 0.25) is 0 Å². The molecule has 0 radical (unpaired) electrons.